The van der Waals surface area contributed by atoms with E-state index in [9.17, 15) is 0 Å². The number of unbranched alkanes of at least 4 members (excludes halogenated alkanes) is 3. The van der Waals surface area contributed by atoms with Crippen molar-refractivity contribution in [2.45, 2.75) is 51.2 Å². The highest BCUT2D eigenvalue weighted by Gasteiger charge is 2.40. The van der Waals surface area contributed by atoms with Crippen molar-refractivity contribution in [3.63, 3.8) is 0 Å². The zero-order valence-electron chi connectivity index (χ0n) is 12.9. The summed E-state index contributed by atoms with van der Waals surface area (Å²) in [6.07, 6.45) is 7.46. The topological polar surface area (TPSA) is 21.3 Å². The van der Waals surface area contributed by atoms with Gasteiger partial charge in [0.25, 0.3) is 0 Å². The van der Waals surface area contributed by atoms with Gasteiger partial charge in [0.1, 0.15) is 11.4 Å². The summed E-state index contributed by atoms with van der Waals surface area (Å²) in [5, 5.41) is 3.69. The van der Waals surface area contributed by atoms with E-state index in [0.717, 1.165) is 12.3 Å². The summed E-state index contributed by atoms with van der Waals surface area (Å²) in [6, 6.07) is 8.70. The van der Waals surface area contributed by atoms with Crippen LogP contribution in [0.1, 0.15) is 51.1 Å². The molecule has 112 valence electrons. The Morgan fingerprint density at radius 2 is 1.90 bits per heavy atom. The van der Waals surface area contributed by atoms with Crippen molar-refractivity contribution in [2.75, 3.05) is 18.6 Å². The van der Waals surface area contributed by atoms with E-state index in [2.05, 4.69) is 43.6 Å². The maximum Gasteiger partial charge on any atom is 0.125 e. The number of rotatable bonds is 8. The molecular weight excluding hydrogens is 266 g/mol. The van der Waals surface area contributed by atoms with Gasteiger partial charge in [0.2, 0.25) is 0 Å². The predicted octanol–water partition coefficient (Wildman–Crippen LogP) is 4.41. The molecule has 1 unspecified atom stereocenters. The minimum Gasteiger partial charge on any atom is -0.486 e. The molecule has 1 heterocycles. The molecule has 1 aliphatic rings. The van der Waals surface area contributed by atoms with E-state index in [1.165, 1.54) is 37.0 Å². The van der Waals surface area contributed by atoms with E-state index < -0.39 is 0 Å². The molecule has 0 saturated heterocycles. The number of hydrogen-bond donors (Lipinski definition) is 1. The summed E-state index contributed by atoms with van der Waals surface area (Å²) in [5.41, 5.74) is 1.16. The highest BCUT2D eigenvalue weighted by Crippen LogP contribution is 2.42. The van der Waals surface area contributed by atoms with E-state index in [1.807, 2.05) is 17.8 Å². The van der Waals surface area contributed by atoms with Crippen LogP contribution in [0.25, 0.3) is 0 Å². The van der Waals surface area contributed by atoms with Gasteiger partial charge in [0.05, 0.1) is 6.04 Å². The summed E-state index contributed by atoms with van der Waals surface area (Å²) >= 11 is 1.95. The number of fused-ring (bicyclic) bond motifs is 1. The van der Waals surface area contributed by atoms with Crippen LogP contribution in [0.3, 0.4) is 0 Å². The SMILES string of the molecule is CSCCCCCCNC1c2ccccc2OC1(C)C. The number of hydrogen-bond acceptors (Lipinski definition) is 3. The van der Waals surface area contributed by atoms with Crippen molar-refractivity contribution in [3.05, 3.63) is 29.8 Å². The second-order valence-corrected chi connectivity index (χ2v) is 7.02. The Hall–Kier alpha value is -0.670. The molecule has 0 bridgehead atoms. The van der Waals surface area contributed by atoms with Gasteiger partial charge in [-0.3, -0.25) is 0 Å². The molecule has 0 spiro atoms. The number of thioether (sulfide) groups is 1. The minimum atomic E-state index is -0.150. The largest absolute Gasteiger partial charge is 0.486 e. The molecule has 0 saturated carbocycles. The molecule has 0 radical (unpaired) electrons. The third-order valence-electron chi connectivity index (χ3n) is 3.92. The second kappa shape index (κ2) is 7.37. The molecule has 1 atom stereocenters. The molecule has 3 heteroatoms. The van der Waals surface area contributed by atoms with E-state index in [0.29, 0.717) is 6.04 Å². The number of ether oxygens (including phenoxy) is 1. The summed E-state index contributed by atoms with van der Waals surface area (Å²) in [5.74, 6) is 2.33. The molecule has 2 nitrogen and oxygen atoms in total. The van der Waals surface area contributed by atoms with E-state index in [1.54, 1.807) is 0 Å². The summed E-state index contributed by atoms with van der Waals surface area (Å²) in [7, 11) is 0. The lowest BCUT2D eigenvalue weighted by atomic mass is 9.94. The first-order valence-electron chi connectivity index (χ1n) is 7.65. The Labute approximate surface area is 127 Å². The van der Waals surface area contributed by atoms with Crippen molar-refractivity contribution >= 4 is 11.8 Å². The third-order valence-corrected chi connectivity index (χ3v) is 4.62. The number of nitrogens with one attached hydrogen (secondary N) is 1. The van der Waals surface area contributed by atoms with Gasteiger partial charge in [-0.25, -0.2) is 0 Å². The van der Waals surface area contributed by atoms with E-state index in [4.69, 9.17) is 4.74 Å². The van der Waals surface area contributed by atoms with Crippen molar-refractivity contribution in [1.29, 1.82) is 0 Å². The van der Waals surface area contributed by atoms with Crippen molar-refractivity contribution in [2.24, 2.45) is 0 Å². The van der Waals surface area contributed by atoms with E-state index in [-0.39, 0.29) is 5.60 Å². The zero-order valence-corrected chi connectivity index (χ0v) is 13.8. The Bertz CT molecular complexity index is 419. The molecule has 0 fully saturated rings. The van der Waals surface area contributed by atoms with Crippen LogP contribution >= 0.6 is 11.8 Å². The van der Waals surface area contributed by atoms with Gasteiger partial charge in [-0.15, -0.1) is 0 Å². The zero-order chi connectivity index (χ0) is 14.4. The molecule has 0 aliphatic carbocycles. The number of para-hydroxylation sites is 1. The van der Waals surface area contributed by atoms with Crippen molar-refractivity contribution in [1.82, 2.24) is 5.32 Å². The lowest BCUT2D eigenvalue weighted by Crippen LogP contribution is -2.39. The maximum absolute atomic E-state index is 6.05. The molecule has 2 rings (SSSR count). The summed E-state index contributed by atoms with van der Waals surface area (Å²) in [4.78, 5) is 0. The Kier molecular flexibility index (Phi) is 5.79. The first-order chi connectivity index (χ1) is 9.65. The average molecular weight is 293 g/mol. The van der Waals surface area contributed by atoms with Crippen LogP contribution in [0, 0.1) is 0 Å². The van der Waals surface area contributed by atoms with Gasteiger partial charge >= 0.3 is 0 Å². The average Bonchev–Trinajstić information content (AvgIpc) is 2.68. The quantitative estimate of drug-likeness (QED) is 0.717. The van der Waals surface area contributed by atoms with Crippen LogP contribution in [0.15, 0.2) is 24.3 Å². The van der Waals surface area contributed by atoms with Gasteiger partial charge in [0.15, 0.2) is 0 Å². The maximum atomic E-state index is 6.05. The smallest absolute Gasteiger partial charge is 0.125 e. The van der Waals surface area contributed by atoms with Crippen LogP contribution < -0.4 is 10.1 Å². The lowest BCUT2D eigenvalue weighted by molar-refractivity contribution is 0.0964. The minimum absolute atomic E-state index is 0.150. The molecular formula is C17H27NOS. The molecule has 0 aromatic heterocycles. The first kappa shape index (κ1) is 15.7. The predicted molar refractivity (Wildman–Crippen MR) is 88.7 cm³/mol. The van der Waals surface area contributed by atoms with Crippen molar-refractivity contribution < 1.29 is 4.74 Å². The molecule has 1 aromatic carbocycles. The highest BCUT2D eigenvalue weighted by molar-refractivity contribution is 7.98. The van der Waals surface area contributed by atoms with Crippen LogP contribution in [0.5, 0.6) is 5.75 Å². The van der Waals surface area contributed by atoms with Crippen LogP contribution in [-0.4, -0.2) is 24.2 Å². The monoisotopic (exact) mass is 293 g/mol. The van der Waals surface area contributed by atoms with Gasteiger partial charge in [-0.1, -0.05) is 31.0 Å². The first-order valence-corrected chi connectivity index (χ1v) is 9.05. The summed E-state index contributed by atoms with van der Waals surface area (Å²) in [6.45, 7) is 5.41. The van der Waals surface area contributed by atoms with Gasteiger partial charge in [-0.05, 0) is 51.3 Å². The van der Waals surface area contributed by atoms with Crippen molar-refractivity contribution in [3.8, 4) is 5.75 Å². The molecule has 1 N–H and O–H groups in total. The molecule has 0 amide bonds. The molecule has 1 aliphatic heterocycles. The fourth-order valence-electron chi connectivity index (χ4n) is 2.86. The Morgan fingerprint density at radius 3 is 2.70 bits per heavy atom. The fourth-order valence-corrected chi connectivity index (χ4v) is 3.35. The van der Waals surface area contributed by atoms with Crippen LogP contribution in [0.4, 0.5) is 0 Å². The molecule has 20 heavy (non-hydrogen) atoms. The lowest BCUT2D eigenvalue weighted by Gasteiger charge is -2.27. The number of benzene rings is 1. The fraction of sp³-hybridized carbons (Fsp3) is 0.647. The van der Waals surface area contributed by atoms with Gasteiger partial charge < -0.3 is 10.1 Å². The van der Waals surface area contributed by atoms with E-state index >= 15 is 0 Å². The Morgan fingerprint density at radius 1 is 1.15 bits per heavy atom. The van der Waals surface area contributed by atoms with Gasteiger partial charge in [0, 0.05) is 5.56 Å². The Balaban J connectivity index is 1.77. The molecule has 1 aromatic rings. The van der Waals surface area contributed by atoms with Crippen LogP contribution in [-0.2, 0) is 0 Å². The second-order valence-electron chi connectivity index (χ2n) is 6.04. The third kappa shape index (κ3) is 3.92. The van der Waals surface area contributed by atoms with Gasteiger partial charge in [-0.2, -0.15) is 11.8 Å². The highest BCUT2D eigenvalue weighted by atomic mass is 32.2. The standard InChI is InChI=1S/C17H27NOS/c1-17(2)16(14-10-6-7-11-15(14)19-17)18-12-8-4-5-9-13-20-3/h6-7,10-11,16,18H,4-5,8-9,12-13H2,1-3H3. The summed E-state index contributed by atoms with van der Waals surface area (Å²) < 4.78 is 6.05. The van der Waals surface area contributed by atoms with Crippen LogP contribution in [0.2, 0.25) is 0 Å². The normalized spacial score (nSPS) is 19.6.